The quantitative estimate of drug-likeness (QED) is 0.0886. The molecule has 0 bridgehead atoms. The maximum absolute atomic E-state index is 13.1. The van der Waals surface area contributed by atoms with E-state index in [9.17, 15) is 19.2 Å². The van der Waals surface area contributed by atoms with Crippen LogP contribution in [-0.4, -0.2) is 62.8 Å². The van der Waals surface area contributed by atoms with Crippen molar-refractivity contribution in [3.8, 4) is 0 Å². The number of carbonyl (C=O) groups is 4. The minimum atomic E-state index is -2.34. The van der Waals surface area contributed by atoms with Crippen LogP contribution in [0.3, 0.4) is 0 Å². The van der Waals surface area contributed by atoms with E-state index >= 15 is 0 Å². The van der Waals surface area contributed by atoms with Gasteiger partial charge in [0.15, 0.2) is 8.32 Å². The first kappa shape index (κ1) is 33.3. The number of azide groups is 1. The third kappa shape index (κ3) is 12.3. The summed E-state index contributed by atoms with van der Waals surface area (Å²) in [7, 11) is -2.34. The fourth-order valence-corrected chi connectivity index (χ4v) is 4.31. The number of ether oxygens (including phenoxy) is 2. The molecule has 0 aliphatic heterocycles. The summed E-state index contributed by atoms with van der Waals surface area (Å²) in [6.45, 7) is 19.9. The van der Waals surface area contributed by atoms with E-state index in [4.69, 9.17) is 19.4 Å². The van der Waals surface area contributed by atoms with E-state index in [1.54, 1.807) is 27.7 Å². The number of hydrogen-bond donors (Lipinski definition) is 1. The van der Waals surface area contributed by atoms with Crippen LogP contribution >= 0.6 is 0 Å². The smallest absolute Gasteiger partial charge is 0.325 e. The minimum Gasteiger partial charge on any atom is -0.460 e. The highest BCUT2D eigenvalue weighted by Gasteiger charge is 2.41. The van der Waals surface area contributed by atoms with Gasteiger partial charge in [-0.05, 0) is 51.4 Å². The number of nitrogens with one attached hydrogen (secondary N) is 1. The van der Waals surface area contributed by atoms with Crippen LogP contribution in [0.2, 0.25) is 18.1 Å². The Morgan fingerprint density at radius 1 is 1.08 bits per heavy atom. The van der Waals surface area contributed by atoms with Gasteiger partial charge in [0.2, 0.25) is 5.91 Å². The Hall–Kier alpha value is -2.69. The zero-order chi connectivity index (χ0) is 28.3. The van der Waals surface area contributed by atoms with Crippen molar-refractivity contribution in [1.82, 2.24) is 5.32 Å². The van der Waals surface area contributed by atoms with Gasteiger partial charge in [0.25, 0.3) is 0 Å². The lowest BCUT2D eigenvalue weighted by molar-refractivity contribution is -0.156. The van der Waals surface area contributed by atoms with Gasteiger partial charge in [0.05, 0.1) is 18.4 Å². The lowest BCUT2D eigenvalue weighted by Crippen LogP contribution is -2.49. The Morgan fingerprint density at radius 3 is 2.14 bits per heavy atom. The van der Waals surface area contributed by atoms with Crippen molar-refractivity contribution < 1.29 is 33.1 Å². The van der Waals surface area contributed by atoms with Crippen molar-refractivity contribution >= 4 is 31.9 Å². The molecule has 36 heavy (non-hydrogen) atoms. The summed E-state index contributed by atoms with van der Waals surface area (Å²) >= 11 is 0. The normalized spacial score (nSPS) is 14.5. The van der Waals surface area contributed by atoms with Gasteiger partial charge in [0.1, 0.15) is 30.6 Å². The van der Waals surface area contributed by atoms with Crippen LogP contribution in [0.25, 0.3) is 10.4 Å². The number of Topliss-reactive ketones (excluding diaryl/α,β-unsaturated/α-hetero) is 1. The molecule has 0 heterocycles. The number of rotatable bonds is 14. The Bertz CT molecular complexity index is 856. The molecule has 1 N–H and O–H groups in total. The lowest BCUT2D eigenvalue weighted by Gasteiger charge is -2.40. The van der Waals surface area contributed by atoms with Crippen molar-refractivity contribution in [2.24, 2.45) is 11.0 Å². The molecular formula is C24H42N4O7Si. The molecule has 11 nitrogen and oxygen atoms in total. The lowest BCUT2D eigenvalue weighted by atomic mass is 9.92. The highest BCUT2D eigenvalue weighted by molar-refractivity contribution is 6.74. The van der Waals surface area contributed by atoms with E-state index in [2.05, 4.69) is 21.9 Å². The van der Waals surface area contributed by atoms with E-state index in [1.807, 2.05) is 33.9 Å². The second-order valence-corrected chi connectivity index (χ2v) is 15.8. The Morgan fingerprint density at radius 2 is 1.67 bits per heavy atom. The molecule has 0 unspecified atom stereocenters. The maximum atomic E-state index is 13.1. The van der Waals surface area contributed by atoms with E-state index in [1.165, 1.54) is 6.08 Å². The highest BCUT2D eigenvalue weighted by Crippen LogP contribution is 2.38. The van der Waals surface area contributed by atoms with Gasteiger partial charge in [-0.2, -0.15) is 0 Å². The zero-order valence-electron chi connectivity index (χ0n) is 23.0. The molecule has 0 radical (unpaired) electrons. The summed E-state index contributed by atoms with van der Waals surface area (Å²) in [5.74, 6) is -3.58. The van der Waals surface area contributed by atoms with Gasteiger partial charge in [0, 0.05) is 11.3 Å². The Kier molecular flexibility index (Phi) is 13.1. The number of carbonyl (C=O) groups excluding carboxylic acids is 4. The Labute approximate surface area is 215 Å². The van der Waals surface area contributed by atoms with Gasteiger partial charge in [-0.1, -0.05) is 38.5 Å². The molecular weight excluding hydrogens is 484 g/mol. The molecule has 0 aromatic rings. The fourth-order valence-electron chi connectivity index (χ4n) is 2.86. The predicted molar refractivity (Wildman–Crippen MR) is 138 cm³/mol. The molecule has 0 aliphatic carbocycles. The van der Waals surface area contributed by atoms with Crippen LogP contribution in [0.4, 0.5) is 0 Å². The van der Waals surface area contributed by atoms with Gasteiger partial charge in [-0.25, -0.2) is 0 Å². The van der Waals surface area contributed by atoms with Crippen molar-refractivity contribution in [3.63, 3.8) is 0 Å². The molecule has 0 spiro atoms. The zero-order valence-corrected chi connectivity index (χ0v) is 24.0. The molecule has 0 aromatic carbocycles. The molecule has 0 saturated carbocycles. The number of amides is 1. The van der Waals surface area contributed by atoms with Crippen molar-refractivity contribution in [3.05, 3.63) is 23.1 Å². The molecule has 0 aromatic heterocycles. The van der Waals surface area contributed by atoms with Gasteiger partial charge in [-0.15, -0.1) is 0 Å². The molecule has 0 saturated heterocycles. The van der Waals surface area contributed by atoms with Crippen LogP contribution in [-0.2, 0) is 33.1 Å². The monoisotopic (exact) mass is 526 g/mol. The van der Waals surface area contributed by atoms with Crippen LogP contribution in [0.5, 0.6) is 0 Å². The van der Waals surface area contributed by atoms with Crippen molar-refractivity contribution in [2.75, 3.05) is 13.2 Å². The molecule has 0 fully saturated rings. The van der Waals surface area contributed by atoms with Crippen molar-refractivity contribution in [1.29, 1.82) is 0 Å². The van der Waals surface area contributed by atoms with E-state index < -0.39 is 68.6 Å². The maximum Gasteiger partial charge on any atom is 0.325 e. The van der Waals surface area contributed by atoms with E-state index in [-0.39, 0.29) is 18.1 Å². The highest BCUT2D eigenvalue weighted by atomic mass is 28.4. The second-order valence-electron chi connectivity index (χ2n) is 11.1. The van der Waals surface area contributed by atoms with Gasteiger partial charge < -0.3 is 19.2 Å². The summed E-state index contributed by atoms with van der Waals surface area (Å²) in [5.41, 5.74) is 8.16. The second kappa shape index (κ2) is 14.1. The fraction of sp³-hybridized carbons (Fsp3) is 0.750. The topological polar surface area (TPSA) is 157 Å². The SMILES string of the molecule is C=CCOC(=O)CNC(=O)[C@@H](CC(=O)[C@H](CC(=O)OC(C)(C)C)N=[N+]=[N-])[C@@H](C)O[Si](C)(C)C(C)(C)C. The molecule has 3 atom stereocenters. The predicted octanol–water partition coefficient (Wildman–Crippen LogP) is 4.23. The number of nitrogens with zero attached hydrogens (tertiary/aromatic N) is 3. The third-order valence-corrected chi connectivity index (χ3v) is 10.3. The van der Waals surface area contributed by atoms with Gasteiger partial charge in [-0.3, -0.25) is 19.2 Å². The standard InChI is InChI=1S/C24H42N4O7Si/c1-11-12-33-21(31)15-26-22(32)17(16(2)35-36(9,10)24(6,7)8)13-19(29)18(27-28-25)14-20(30)34-23(3,4)5/h11,16-18H,1,12-15H2,2-10H3,(H,26,32)/t16-,17+,18+/m1/s1. The summed E-state index contributed by atoms with van der Waals surface area (Å²) in [5, 5.41) is 5.79. The van der Waals surface area contributed by atoms with Crippen LogP contribution < -0.4 is 5.32 Å². The molecule has 12 heteroatoms. The van der Waals surface area contributed by atoms with Crippen LogP contribution in [0.15, 0.2) is 17.8 Å². The third-order valence-electron chi connectivity index (χ3n) is 5.72. The first-order valence-corrected chi connectivity index (χ1v) is 14.8. The summed E-state index contributed by atoms with van der Waals surface area (Å²) < 4.78 is 16.5. The summed E-state index contributed by atoms with van der Waals surface area (Å²) in [6, 6.07) is -1.35. The average Bonchev–Trinajstić information content (AvgIpc) is 2.71. The van der Waals surface area contributed by atoms with Crippen LogP contribution in [0.1, 0.15) is 61.3 Å². The minimum absolute atomic E-state index is 0.0000134. The summed E-state index contributed by atoms with van der Waals surface area (Å²) in [6.07, 6.45) is -0.126. The molecule has 1 amide bonds. The average molecular weight is 527 g/mol. The largest absolute Gasteiger partial charge is 0.460 e. The number of ketones is 1. The Balaban J connectivity index is 5.79. The molecule has 204 valence electrons. The van der Waals surface area contributed by atoms with Crippen molar-refractivity contribution in [2.45, 2.75) is 97.2 Å². The first-order valence-electron chi connectivity index (χ1n) is 11.9. The van der Waals surface area contributed by atoms with Crippen LogP contribution in [0, 0.1) is 5.92 Å². The van der Waals surface area contributed by atoms with Gasteiger partial charge >= 0.3 is 11.9 Å². The molecule has 0 rings (SSSR count). The first-order chi connectivity index (χ1) is 16.3. The van der Waals surface area contributed by atoms with E-state index in [0.29, 0.717) is 0 Å². The number of hydrogen-bond acceptors (Lipinski definition) is 8. The molecule has 0 aliphatic rings. The van der Waals surface area contributed by atoms with E-state index in [0.717, 1.165) is 0 Å². The number of esters is 2. The summed E-state index contributed by atoms with van der Waals surface area (Å²) in [4.78, 5) is 52.9.